The van der Waals surface area contributed by atoms with E-state index < -0.39 is 0 Å². The highest BCUT2D eigenvalue weighted by Crippen LogP contribution is 2.28. The maximum Gasteiger partial charge on any atom is 0.251 e. The van der Waals surface area contributed by atoms with Crippen molar-refractivity contribution in [3.8, 4) is 11.5 Å². The molecule has 5 nitrogen and oxygen atoms in total. The lowest BCUT2D eigenvalue weighted by atomic mass is 10.1. The van der Waals surface area contributed by atoms with Gasteiger partial charge in [-0.15, -0.1) is 11.3 Å². The van der Waals surface area contributed by atoms with E-state index in [1.54, 1.807) is 5.51 Å². The summed E-state index contributed by atoms with van der Waals surface area (Å²) < 4.78 is 12.2. The molecule has 1 N–H and O–H groups in total. The number of amides is 1. The summed E-state index contributed by atoms with van der Waals surface area (Å²) in [6.45, 7) is 5.63. The van der Waals surface area contributed by atoms with Gasteiger partial charge in [-0.25, -0.2) is 4.98 Å². The molecule has 0 saturated carbocycles. The van der Waals surface area contributed by atoms with Crippen molar-refractivity contribution in [1.29, 1.82) is 0 Å². The van der Waals surface area contributed by atoms with Gasteiger partial charge in [0.1, 0.15) is 0 Å². The van der Waals surface area contributed by atoms with Crippen LogP contribution in [0.2, 0.25) is 0 Å². The summed E-state index contributed by atoms with van der Waals surface area (Å²) in [4.78, 5) is 16.6. The number of nitrogens with one attached hydrogen (secondary N) is 1. The van der Waals surface area contributed by atoms with E-state index in [-0.39, 0.29) is 5.91 Å². The normalized spacial score (nSPS) is 10.7. The highest BCUT2D eigenvalue weighted by molar-refractivity contribution is 7.16. The molecular formula is C20H22N2O3S. The standard InChI is InChI=1S/C20H22N2O3S/c1-3-24-17-8-5-14(11-18(17)25-4-2)9-10-21-20(23)15-6-7-16-19(12-15)26-13-22-16/h5-8,11-13H,3-4,9-10H2,1-2H3,(H,21,23). The van der Waals surface area contributed by atoms with Crippen molar-refractivity contribution in [2.75, 3.05) is 19.8 Å². The number of hydrogen-bond acceptors (Lipinski definition) is 5. The van der Waals surface area contributed by atoms with Crippen LogP contribution in [0.4, 0.5) is 0 Å². The fourth-order valence-electron chi connectivity index (χ4n) is 2.67. The second kappa shape index (κ2) is 8.67. The highest BCUT2D eigenvalue weighted by Gasteiger charge is 2.09. The van der Waals surface area contributed by atoms with Gasteiger partial charge in [0.25, 0.3) is 5.91 Å². The topological polar surface area (TPSA) is 60.5 Å². The summed E-state index contributed by atoms with van der Waals surface area (Å²) in [6, 6.07) is 11.5. The summed E-state index contributed by atoms with van der Waals surface area (Å²) in [5, 5.41) is 2.97. The Bertz CT molecular complexity index is 892. The van der Waals surface area contributed by atoms with Crippen LogP contribution in [0.5, 0.6) is 11.5 Å². The maximum absolute atomic E-state index is 12.3. The van der Waals surface area contributed by atoms with Crippen LogP contribution in [0.1, 0.15) is 29.8 Å². The van der Waals surface area contributed by atoms with E-state index in [1.165, 1.54) is 11.3 Å². The van der Waals surface area contributed by atoms with Crippen LogP contribution < -0.4 is 14.8 Å². The number of benzene rings is 2. The van der Waals surface area contributed by atoms with Gasteiger partial charge in [-0.2, -0.15) is 0 Å². The summed E-state index contributed by atoms with van der Waals surface area (Å²) in [5.74, 6) is 1.42. The average molecular weight is 370 g/mol. The number of carbonyl (C=O) groups is 1. The van der Waals surface area contributed by atoms with Crippen molar-refractivity contribution in [3.05, 3.63) is 53.0 Å². The van der Waals surface area contributed by atoms with Gasteiger partial charge in [0, 0.05) is 12.1 Å². The second-order valence-electron chi connectivity index (χ2n) is 5.69. The largest absolute Gasteiger partial charge is 0.490 e. The Balaban J connectivity index is 1.59. The number of ether oxygens (including phenoxy) is 2. The molecule has 0 spiro atoms. The molecule has 1 heterocycles. The molecular weight excluding hydrogens is 348 g/mol. The molecule has 1 aromatic heterocycles. The van der Waals surface area contributed by atoms with Crippen LogP contribution >= 0.6 is 11.3 Å². The molecule has 0 fully saturated rings. The Morgan fingerprint density at radius 3 is 2.69 bits per heavy atom. The van der Waals surface area contributed by atoms with Gasteiger partial charge in [-0.1, -0.05) is 6.07 Å². The zero-order chi connectivity index (χ0) is 18.4. The summed E-state index contributed by atoms with van der Waals surface area (Å²) >= 11 is 1.53. The summed E-state index contributed by atoms with van der Waals surface area (Å²) in [5.41, 5.74) is 4.46. The summed E-state index contributed by atoms with van der Waals surface area (Å²) in [7, 11) is 0. The molecule has 0 unspecified atom stereocenters. The van der Waals surface area contributed by atoms with Crippen LogP contribution in [0.3, 0.4) is 0 Å². The fraction of sp³-hybridized carbons (Fsp3) is 0.300. The number of hydrogen-bond donors (Lipinski definition) is 1. The Morgan fingerprint density at radius 1 is 1.08 bits per heavy atom. The van der Waals surface area contributed by atoms with Crippen LogP contribution in [-0.4, -0.2) is 30.6 Å². The number of thiazole rings is 1. The first kappa shape index (κ1) is 18.2. The Labute approximate surface area is 157 Å². The zero-order valence-corrected chi connectivity index (χ0v) is 15.8. The molecule has 0 aliphatic carbocycles. The molecule has 0 aliphatic rings. The lowest BCUT2D eigenvalue weighted by molar-refractivity contribution is 0.0954. The van der Waals surface area contributed by atoms with Crippen molar-refractivity contribution < 1.29 is 14.3 Å². The van der Waals surface area contributed by atoms with Gasteiger partial charge in [-0.05, 0) is 56.2 Å². The van der Waals surface area contributed by atoms with E-state index in [1.807, 2.05) is 50.2 Å². The van der Waals surface area contributed by atoms with Crippen molar-refractivity contribution in [1.82, 2.24) is 10.3 Å². The number of carbonyl (C=O) groups excluding carboxylic acids is 1. The van der Waals surface area contributed by atoms with Gasteiger partial charge in [0.05, 0.1) is 28.9 Å². The molecule has 26 heavy (non-hydrogen) atoms. The highest BCUT2D eigenvalue weighted by atomic mass is 32.1. The minimum atomic E-state index is -0.0729. The molecule has 2 aromatic carbocycles. The fourth-order valence-corrected chi connectivity index (χ4v) is 3.39. The van der Waals surface area contributed by atoms with Crippen LogP contribution in [0, 0.1) is 0 Å². The van der Waals surface area contributed by atoms with Crippen molar-refractivity contribution in [2.45, 2.75) is 20.3 Å². The van der Waals surface area contributed by atoms with Crippen LogP contribution in [0.15, 0.2) is 41.9 Å². The molecule has 136 valence electrons. The van der Waals surface area contributed by atoms with Gasteiger partial charge in [-0.3, -0.25) is 4.79 Å². The van der Waals surface area contributed by atoms with E-state index >= 15 is 0 Å². The Hall–Kier alpha value is -2.60. The number of aromatic nitrogens is 1. The molecule has 3 rings (SSSR count). The first-order chi connectivity index (χ1) is 12.7. The first-order valence-corrected chi connectivity index (χ1v) is 9.59. The molecule has 0 bridgehead atoms. The van der Waals surface area contributed by atoms with E-state index in [2.05, 4.69) is 10.3 Å². The molecule has 0 aliphatic heterocycles. The zero-order valence-electron chi connectivity index (χ0n) is 15.0. The molecule has 1 amide bonds. The molecule has 0 atom stereocenters. The number of rotatable bonds is 8. The van der Waals surface area contributed by atoms with E-state index in [9.17, 15) is 4.79 Å². The lowest BCUT2D eigenvalue weighted by Gasteiger charge is -2.12. The van der Waals surface area contributed by atoms with E-state index in [4.69, 9.17) is 9.47 Å². The number of nitrogens with zero attached hydrogens (tertiary/aromatic N) is 1. The minimum Gasteiger partial charge on any atom is -0.490 e. The minimum absolute atomic E-state index is 0.0729. The van der Waals surface area contributed by atoms with E-state index in [0.29, 0.717) is 25.3 Å². The Kier molecular flexibility index (Phi) is 6.07. The Morgan fingerprint density at radius 2 is 1.88 bits per heavy atom. The van der Waals surface area contributed by atoms with Crippen LogP contribution in [0.25, 0.3) is 10.2 Å². The third-order valence-electron chi connectivity index (χ3n) is 3.90. The number of fused-ring (bicyclic) bond motifs is 1. The predicted molar refractivity (Wildman–Crippen MR) is 104 cm³/mol. The molecule has 6 heteroatoms. The maximum atomic E-state index is 12.3. The lowest BCUT2D eigenvalue weighted by Crippen LogP contribution is -2.25. The predicted octanol–water partition coefficient (Wildman–Crippen LogP) is 4.07. The monoisotopic (exact) mass is 370 g/mol. The smallest absolute Gasteiger partial charge is 0.251 e. The average Bonchev–Trinajstić information content (AvgIpc) is 3.12. The second-order valence-corrected chi connectivity index (χ2v) is 6.57. The SMILES string of the molecule is CCOc1ccc(CCNC(=O)c2ccc3ncsc3c2)cc1OCC. The third kappa shape index (κ3) is 4.32. The molecule has 0 saturated heterocycles. The van der Waals surface area contributed by atoms with Gasteiger partial charge in [0.2, 0.25) is 0 Å². The van der Waals surface area contributed by atoms with Gasteiger partial charge in [0.15, 0.2) is 11.5 Å². The van der Waals surface area contributed by atoms with Crippen molar-refractivity contribution in [3.63, 3.8) is 0 Å². The molecule has 0 radical (unpaired) electrons. The molecule has 3 aromatic rings. The van der Waals surface area contributed by atoms with Gasteiger partial charge >= 0.3 is 0 Å². The quantitative estimate of drug-likeness (QED) is 0.649. The van der Waals surface area contributed by atoms with E-state index in [0.717, 1.165) is 33.7 Å². The van der Waals surface area contributed by atoms with Crippen molar-refractivity contribution >= 4 is 27.5 Å². The third-order valence-corrected chi connectivity index (χ3v) is 4.69. The summed E-state index contributed by atoms with van der Waals surface area (Å²) in [6.07, 6.45) is 0.723. The van der Waals surface area contributed by atoms with Crippen molar-refractivity contribution in [2.24, 2.45) is 0 Å². The van der Waals surface area contributed by atoms with Gasteiger partial charge < -0.3 is 14.8 Å². The first-order valence-electron chi connectivity index (χ1n) is 8.71. The van der Waals surface area contributed by atoms with Crippen LogP contribution in [-0.2, 0) is 6.42 Å².